The summed E-state index contributed by atoms with van der Waals surface area (Å²) in [4.78, 5) is 11.9. The zero-order chi connectivity index (χ0) is 14.5. The van der Waals surface area contributed by atoms with E-state index in [2.05, 4.69) is 10.6 Å². The van der Waals surface area contributed by atoms with Crippen molar-refractivity contribution >= 4 is 29.1 Å². The van der Waals surface area contributed by atoms with Crippen LogP contribution >= 0.6 is 23.2 Å². The lowest BCUT2D eigenvalue weighted by Gasteiger charge is -2.17. The summed E-state index contributed by atoms with van der Waals surface area (Å²) in [7, 11) is 1.57. The average molecular weight is 317 g/mol. The molecular formula is C14H18Cl2N2O2. The van der Waals surface area contributed by atoms with Crippen LogP contribution in [0, 0.1) is 0 Å². The number of carbonyl (C=O) groups is 1. The molecule has 1 aliphatic heterocycles. The molecule has 1 aliphatic rings. The van der Waals surface area contributed by atoms with Gasteiger partial charge in [-0.1, -0.05) is 23.2 Å². The normalized spacial score (nSPS) is 19.4. The Hall–Kier alpha value is -0.970. The number of amides is 1. The highest BCUT2D eigenvalue weighted by Gasteiger charge is 2.20. The van der Waals surface area contributed by atoms with E-state index in [9.17, 15) is 4.79 Å². The number of ether oxygens (including phenoxy) is 1. The number of hydrogen-bond acceptors (Lipinski definition) is 3. The summed E-state index contributed by atoms with van der Waals surface area (Å²) in [5.74, 6) is 0.646. The topological polar surface area (TPSA) is 50.4 Å². The minimum Gasteiger partial charge on any atom is -0.495 e. The molecule has 6 heteroatoms. The highest BCUT2D eigenvalue weighted by Crippen LogP contribution is 2.32. The molecule has 0 saturated carbocycles. The van der Waals surface area contributed by atoms with Crippen LogP contribution in [0.15, 0.2) is 12.1 Å². The third kappa shape index (κ3) is 3.78. The lowest BCUT2D eigenvalue weighted by atomic mass is 10.1. The maximum atomic E-state index is 11.9. The molecule has 110 valence electrons. The van der Waals surface area contributed by atoms with Gasteiger partial charge in [-0.3, -0.25) is 4.79 Å². The second-order valence-corrected chi connectivity index (χ2v) is 5.64. The van der Waals surface area contributed by atoms with Gasteiger partial charge in [0.25, 0.3) is 0 Å². The molecule has 1 amide bonds. The van der Waals surface area contributed by atoms with Crippen LogP contribution in [0.25, 0.3) is 0 Å². The molecular weight excluding hydrogens is 299 g/mol. The van der Waals surface area contributed by atoms with Gasteiger partial charge in [-0.15, -0.1) is 0 Å². The summed E-state index contributed by atoms with van der Waals surface area (Å²) in [5, 5.41) is 7.17. The minimum atomic E-state index is -0.181. The van der Waals surface area contributed by atoms with Crippen LogP contribution in [-0.2, 0) is 11.3 Å². The maximum absolute atomic E-state index is 11.9. The molecule has 2 rings (SSSR count). The van der Waals surface area contributed by atoms with Crippen LogP contribution in [0.2, 0.25) is 10.0 Å². The second kappa shape index (κ2) is 7.16. The Balaban J connectivity index is 2.08. The largest absolute Gasteiger partial charge is 0.495 e. The fraction of sp³-hybridized carbons (Fsp3) is 0.500. The Morgan fingerprint density at radius 2 is 2.20 bits per heavy atom. The summed E-state index contributed by atoms with van der Waals surface area (Å²) in [6.45, 7) is 1.24. The van der Waals surface area contributed by atoms with Gasteiger partial charge in [0.1, 0.15) is 5.75 Å². The molecule has 20 heavy (non-hydrogen) atoms. The fourth-order valence-corrected chi connectivity index (χ4v) is 2.95. The summed E-state index contributed by atoms with van der Waals surface area (Å²) >= 11 is 12.1. The van der Waals surface area contributed by atoms with Crippen LogP contribution in [-0.4, -0.2) is 25.6 Å². The van der Waals surface area contributed by atoms with E-state index in [1.807, 2.05) is 0 Å². The predicted octanol–water partition coefficient (Wildman–Crippen LogP) is 2.76. The molecule has 0 aromatic heterocycles. The van der Waals surface area contributed by atoms with E-state index in [4.69, 9.17) is 27.9 Å². The van der Waals surface area contributed by atoms with Crippen molar-refractivity contribution in [1.29, 1.82) is 0 Å². The van der Waals surface area contributed by atoms with Gasteiger partial charge in [0.2, 0.25) is 5.91 Å². The number of hydrogen-bond donors (Lipinski definition) is 2. The van der Waals surface area contributed by atoms with Crippen LogP contribution in [0.1, 0.15) is 24.8 Å². The molecule has 2 N–H and O–H groups in total. The van der Waals surface area contributed by atoms with Crippen molar-refractivity contribution in [1.82, 2.24) is 10.6 Å². The zero-order valence-electron chi connectivity index (χ0n) is 11.3. The molecule has 0 bridgehead atoms. The first-order valence-electron chi connectivity index (χ1n) is 6.65. The Kier molecular flexibility index (Phi) is 5.52. The van der Waals surface area contributed by atoms with Gasteiger partial charge < -0.3 is 15.4 Å². The molecule has 0 unspecified atom stereocenters. The van der Waals surface area contributed by atoms with Crippen molar-refractivity contribution in [3.8, 4) is 5.75 Å². The van der Waals surface area contributed by atoms with E-state index in [-0.39, 0.29) is 11.9 Å². The van der Waals surface area contributed by atoms with Gasteiger partial charge in [-0.2, -0.15) is 0 Å². The molecule has 1 aromatic carbocycles. The molecule has 4 nitrogen and oxygen atoms in total. The average Bonchev–Trinajstić information content (AvgIpc) is 2.60. The molecule has 0 radical (unpaired) electrons. The number of benzene rings is 1. The second-order valence-electron chi connectivity index (χ2n) is 4.80. The summed E-state index contributed by atoms with van der Waals surface area (Å²) < 4.78 is 5.29. The minimum absolute atomic E-state index is 0.0505. The van der Waals surface area contributed by atoms with Gasteiger partial charge >= 0.3 is 0 Å². The number of halogens is 2. The smallest absolute Gasteiger partial charge is 0.237 e. The van der Waals surface area contributed by atoms with E-state index in [1.165, 1.54) is 0 Å². The summed E-state index contributed by atoms with van der Waals surface area (Å²) in [6.07, 6.45) is 2.89. The standard InChI is InChI=1S/C14H18Cl2N2O2/c1-20-13-9(6-10(15)7-11(13)16)8-18-12-4-2-3-5-17-14(12)19/h6-7,12,18H,2-5,8H2,1H3,(H,17,19)/t12-/m1/s1. The lowest BCUT2D eigenvalue weighted by molar-refractivity contribution is -0.122. The number of carbonyl (C=O) groups excluding carboxylic acids is 1. The van der Waals surface area contributed by atoms with Gasteiger partial charge in [0, 0.05) is 23.7 Å². The zero-order valence-corrected chi connectivity index (χ0v) is 12.9. The number of nitrogens with one attached hydrogen (secondary N) is 2. The van der Waals surface area contributed by atoms with Crippen molar-refractivity contribution in [2.45, 2.75) is 31.8 Å². The highest BCUT2D eigenvalue weighted by atomic mass is 35.5. The van der Waals surface area contributed by atoms with E-state index >= 15 is 0 Å². The summed E-state index contributed by atoms with van der Waals surface area (Å²) in [6, 6.07) is 3.26. The number of methoxy groups -OCH3 is 1. The van der Waals surface area contributed by atoms with Crippen molar-refractivity contribution in [3.05, 3.63) is 27.7 Å². The van der Waals surface area contributed by atoms with E-state index in [0.717, 1.165) is 31.4 Å². The first-order valence-corrected chi connectivity index (χ1v) is 7.40. The molecule has 1 saturated heterocycles. The predicted molar refractivity (Wildman–Crippen MR) is 80.5 cm³/mol. The van der Waals surface area contributed by atoms with Crippen molar-refractivity contribution in [2.24, 2.45) is 0 Å². The Morgan fingerprint density at radius 1 is 1.40 bits per heavy atom. The monoisotopic (exact) mass is 316 g/mol. The first kappa shape index (κ1) is 15.4. The SMILES string of the molecule is COc1c(Cl)cc(Cl)cc1CN[C@@H]1CCCCNC1=O. The molecule has 1 heterocycles. The molecule has 1 aromatic rings. The van der Waals surface area contributed by atoms with Gasteiger partial charge in [-0.05, 0) is 31.4 Å². The molecule has 0 aliphatic carbocycles. The number of rotatable bonds is 4. The van der Waals surface area contributed by atoms with Crippen LogP contribution in [0.3, 0.4) is 0 Å². The van der Waals surface area contributed by atoms with E-state index in [0.29, 0.717) is 22.3 Å². The van der Waals surface area contributed by atoms with Crippen molar-refractivity contribution in [2.75, 3.05) is 13.7 Å². The third-order valence-electron chi connectivity index (χ3n) is 3.36. The third-order valence-corrected chi connectivity index (χ3v) is 3.86. The first-order chi connectivity index (χ1) is 9.61. The quantitative estimate of drug-likeness (QED) is 0.898. The van der Waals surface area contributed by atoms with Gasteiger partial charge in [0.15, 0.2) is 0 Å². The fourth-order valence-electron chi connectivity index (χ4n) is 2.34. The Morgan fingerprint density at radius 3 is 2.95 bits per heavy atom. The Labute approximate surface area is 128 Å². The van der Waals surface area contributed by atoms with E-state index in [1.54, 1.807) is 19.2 Å². The van der Waals surface area contributed by atoms with Gasteiger partial charge in [0.05, 0.1) is 18.2 Å². The van der Waals surface area contributed by atoms with Gasteiger partial charge in [-0.25, -0.2) is 0 Å². The van der Waals surface area contributed by atoms with Crippen LogP contribution in [0.5, 0.6) is 5.75 Å². The summed E-state index contributed by atoms with van der Waals surface area (Å²) in [5.41, 5.74) is 0.849. The molecule has 1 atom stereocenters. The van der Waals surface area contributed by atoms with Crippen molar-refractivity contribution in [3.63, 3.8) is 0 Å². The Bertz CT molecular complexity index is 494. The lowest BCUT2D eigenvalue weighted by Crippen LogP contribution is -2.42. The molecule has 1 fully saturated rings. The van der Waals surface area contributed by atoms with Crippen LogP contribution < -0.4 is 15.4 Å². The van der Waals surface area contributed by atoms with E-state index < -0.39 is 0 Å². The molecule has 0 spiro atoms. The van der Waals surface area contributed by atoms with Crippen LogP contribution in [0.4, 0.5) is 0 Å². The highest BCUT2D eigenvalue weighted by molar-refractivity contribution is 6.35. The van der Waals surface area contributed by atoms with Crippen molar-refractivity contribution < 1.29 is 9.53 Å². The maximum Gasteiger partial charge on any atom is 0.237 e.